The van der Waals surface area contributed by atoms with Gasteiger partial charge < -0.3 is 89.9 Å². The number of amides is 1. The van der Waals surface area contributed by atoms with E-state index in [4.69, 9.17) is 28.4 Å². The molecule has 1 amide bonds. The molecule has 3 fully saturated rings. The van der Waals surface area contributed by atoms with Crippen molar-refractivity contribution < 1.29 is 89.4 Å². The third kappa shape index (κ3) is 44.8. The maximum atomic E-state index is 13.5. The molecule has 104 heavy (non-hydrogen) atoms. The number of allylic oxidation sites excluding steroid dienone is 5. The van der Waals surface area contributed by atoms with Gasteiger partial charge in [-0.1, -0.05) is 352 Å². The minimum absolute atomic E-state index is 0.237. The lowest BCUT2D eigenvalue weighted by molar-refractivity contribution is -0.379. The Morgan fingerprint density at radius 2 is 0.615 bits per heavy atom. The maximum Gasteiger partial charge on any atom is 0.220 e. The number of unbranched alkanes of at least 4 members (excludes halogenated alkanes) is 50. The first-order valence-electron chi connectivity index (χ1n) is 43.2. The minimum atomic E-state index is -1.98. The van der Waals surface area contributed by atoms with Gasteiger partial charge in [-0.15, -0.1) is 0 Å². The monoisotopic (exact) mass is 1480 g/mol. The summed E-state index contributed by atoms with van der Waals surface area (Å²) < 4.78 is 34.5. The Balaban J connectivity index is 1.35. The molecule has 19 heteroatoms. The van der Waals surface area contributed by atoms with E-state index < -0.39 is 124 Å². The van der Waals surface area contributed by atoms with Gasteiger partial charge in [0.1, 0.15) is 73.2 Å². The summed E-state index contributed by atoms with van der Waals surface area (Å²) in [4.78, 5) is 13.5. The Bertz CT molecular complexity index is 2020. The molecule has 3 rings (SSSR count). The van der Waals surface area contributed by atoms with Gasteiger partial charge in [0.2, 0.25) is 5.91 Å². The highest BCUT2D eigenvalue weighted by Gasteiger charge is 2.54. The van der Waals surface area contributed by atoms with E-state index in [2.05, 4.69) is 43.5 Å². The number of nitrogens with one attached hydrogen (secondary N) is 1. The predicted molar refractivity (Wildman–Crippen MR) is 416 cm³/mol. The van der Waals surface area contributed by atoms with Crippen molar-refractivity contribution in [3.8, 4) is 0 Å². The number of aliphatic hydroxyl groups excluding tert-OH is 11. The van der Waals surface area contributed by atoms with Crippen LogP contribution in [0.15, 0.2) is 36.5 Å². The van der Waals surface area contributed by atoms with Gasteiger partial charge in [-0.05, 0) is 44.9 Å². The van der Waals surface area contributed by atoms with Crippen LogP contribution in [0, 0.1) is 0 Å². The van der Waals surface area contributed by atoms with Crippen molar-refractivity contribution in [1.29, 1.82) is 0 Å². The smallest absolute Gasteiger partial charge is 0.220 e. The molecular weight excluding hydrogens is 1320 g/mol. The van der Waals surface area contributed by atoms with Crippen LogP contribution in [0.3, 0.4) is 0 Å². The molecule has 12 N–H and O–H groups in total. The highest BCUT2D eigenvalue weighted by molar-refractivity contribution is 5.76. The second kappa shape index (κ2) is 65.7. The number of hydrogen-bond donors (Lipinski definition) is 12. The molecule has 3 aliphatic rings. The SMILES string of the molecule is CCCCCCCCCCCCCCCCCC/C=C/CC/C=C/CC/C=C/C(O)C(COC1OC(CO)C(OC2OC(CO)C(OC3OC(CO)C(O)C(O)C3O)C(O)C2O)C(O)C1O)NC(=O)CCCCCCCCCCCCCCCCCCCCCCCCCCCCCCCCCCC. The van der Waals surface area contributed by atoms with Crippen molar-refractivity contribution in [2.45, 2.75) is 471 Å². The highest BCUT2D eigenvalue weighted by Crippen LogP contribution is 2.33. The van der Waals surface area contributed by atoms with Crippen molar-refractivity contribution in [1.82, 2.24) is 5.32 Å². The molecular formula is C85H159NO18. The van der Waals surface area contributed by atoms with Gasteiger partial charge in [-0.3, -0.25) is 4.79 Å². The van der Waals surface area contributed by atoms with E-state index in [0.29, 0.717) is 12.8 Å². The molecule has 0 aliphatic carbocycles. The molecule has 3 heterocycles. The number of hydrogen-bond acceptors (Lipinski definition) is 18. The van der Waals surface area contributed by atoms with E-state index >= 15 is 0 Å². The third-order valence-electron chi connectivity index (χ3n) is 21.7. The summed E-state index contributed by atoms with van der Waals surface area (Å²) >= 11 is 0. The summed E-state index contributed by atoms with van der Waals surface area (Å²) in [7, 11) is 0. The second-order valence-corrected chi connectivity index (χ2v) is 31.0. The molecule has 0 aromatic heterocycles. The quantitative estimate of drug-likeness (QED) is 0.0199. The molecule has 3 aliphatic heterocycles. The minimum Gasteiger partial charge on any atom is -0.394 e. The summed E-state index contributed by atoms with van der Waals surface area (Å²) in [6, 6.07) is -0.996. The van der Waals surface area contributed by atoms with Crippen LogP contribution in [-0.2, 0) is 33.2 Å². The van der Waals surface area contributed by atoms with Gasteiger partial charge in [0.05, 0.1) is 38.6 Å². The van der Waals surface area contributed by atoms with Gasteiger partial charge in [0.25, 0.3) is 0 Å². The molecule has 17 atom stereocenters. The Hall–Kier alpha value is -1.99. The Morgan fingerprint density at radius 1 is 0.337 bits per heavy atom. The summed E-state index contributed by atoms with van der Waals surface area (Å²) in [5, 5.41) is 121. The summed E-state index contributed by atoms with van der Waals surface area (Å²) in [5.41, 5.74) is 0. The zero-order valence-electron chi connectivity index (χ0n) is 65.8. The highest BCUT2D eigenvalue weighted by atomic mass is 16.8. The van der Waals surface area contributed by atoms with Crippen LogP contribution >= 0.6 is 0 Å². The first-order valence-corrected chi connectivity index (χ1v) is 43.2. The van der Waals surface area contributed by atoms with Crippen molar-refractivity contribution in [2.24, 2.45) is 0 Å². The lowest BCUT2D eigenvalue weighted by Crippen LogP contribution is -2.66. The van der Waals surface area contributed by atoms with Gasteiger partial charge in [-0.2, -0.15) is 0 Å². The number of aliphatic hydroxyl groups is 11. The molecule has 0 spiro atoms. The fourth-order valence-electron chi connectivity index (χ4n) is 14.8. The molecule has 17 unspecified atom stereocenters. The van der Waals surface area contributed by atoms with E-state index in [1.807, 2.05) is 6.08 Å². The van der Waals surface area contributed by atoms with E-state index in [1.54, 1.807) is 6.08 Å². The summed E-state index contributed by atoms with van der Waals surface area (Å²) in [6.07, 6.45) is 55.9. The predicted octanol–water partition coefficient (Wildman–Crippen LogP) is 15.5. The third-order valence-corrected chi connectivity index (χ3v) is 21.7. The van der Waals surface area contributed by atoms with Gasteiger partial charge >= 0.3 is 0 Å². The zero-order chi connectivity index (χ0) is 75.3. The van der Waals surface area contributed by atoms with Crippen LogP contribution in [0.4, 0.5) is 0 Å². The fourth-order valence-corrected chi connectivity index (χ4v) is 14.8. The zero-order valence-corrected chi connectivity index (χ0v) is 65.8. The Labute approximate surface area is 631 Å². The van der Waals surface area contributed by atoms with Crippen LogP contribution in [-0.4, -0.2) is 193 Å². The van der Waals surface area contributed by atoms with Crippen LogP contribution in [0.2, 0.25) is 0 Å². The van der Waals surface area contributed by atoms with Crippen LogP contribution < -0.4 is 5.32 Å². The molecule has 0 radical (unpaired) electrons. The molecule has 3 saturated heterocycles. The molecule has 19 nitrogen and oxygen atoms in total. The first kappa shape index (κ1) is 96.2. The molecule has 0 saturated carbocycles. The number of rotatable bonds is 70. The van der Waals surface area contributed by atoms with Gasteiger partial charge in [-0.25, -0.2) is 0 Å². The van der Waals surface area contributed by atoms with Crippen LogP contribution in [0.5, 0.6) is 0 Å². The van der Waals surface area contributed by atoms with Gasteiger partial charge in [0, 0.05) is 6.42 Å². The molecule has 612 valence electrons. The number of carbonyl (C=O) groups is 1. The van der Waals surface area contributed by atoms with E-state index in [-0.39, 0.29) is 18.9 Å². The van der Waals surface area contributed by atoms with Crippen molar-refractivity contribution in [3.05, 3.63) is 36.5 Å². The molecule has 0 bridgehead atoms. The Morgan fingerprint density at radius 3 is 0.962 bits per heavy atom. The number of ether oxygens (including phenoxy) is 6. The molecule has 0 aromatic rings. The van der Waals surface area contributed by atoms with Crippen LogP contribution in [0.25, 0.3) is 0 Å². The average molecular weight is 1480 g/mol. The maximum absolute atomic E-state index is 13.5. The fraction of sp³-hybridized carbons (Fsp3) is 0.918. The number of carbonyl (C=O) groups excluding carboxylic acids is 1. The first-order chi connectivity index (χ1) is 50.8. The largest absolute Gasteiger partial charge is 0.394 e. The molecule has 0 aromatic carbocycles. The lowest BCUT2D eigenvalue weighted by Gasteiger charge is -2.48. The van der Waals surface area contributed by atoms with E-state index in [9.17, 15) is 61.0 Å². The lowest BCUT2D eigenvalue weighted by atomic mass is 9.96. The van der Waals surface area contributed by atoms with Crippen molar-refractivity contribution in [3.63, 3.8) is 0 Å². The average Bonchev–Trinajstić information content (AvgIpc) is 0.783. The van der Waals surface area contributed by atoms with Gasteiger partial charge in [0.15, 0.2) is 18.9 Å². The summed E-state index contributed by atoms with van der Waals surface area (Å²) in [6.45, 7) is 1.77. The standard InChI is InChI=1S/C85H159NO18/c1-3-5-7-9-11-13-15-17-19-21-23-25-27-29-31-32-33-34-35-36-37-39-41-43-45-47-49-51-53-55-57-59-61-63-73(91)86-68(69(90)62-60-58-56-54-52-50-48-46-44-42-40-38-30-28-26-24-22-20-18-16-14-12-10-8-6-4-2)67-99-83-79(97)76(94)81(71(65-88)101-83)104-85-80(98)77(95)82(72(66-89)102-85)103-84-78(96)75(93)74(92)70(64-87)100-84/h44,46,52,54,60,62,68-72,74-85,87-90,92-98H,3-43,45,47-51,53,55-59,61,63-67H2,1-2H3,(H,86,91)/b46-44+,54-52+,62-60+. The second-order valence-electron chi connectivity index (χ2n) is 31.0. The normalized spacial score (nSPS) is 26.0. The van der Waals surface area contributed by atoms with Crippen molar-refractivity contribution in [2.75, 3.05) is 26.4 Å². The Kier molecular flexibility index (Phi) is 60.8. The van der Waals surface area contributed by atoms with Crippen molar-refractivity contribution >= 4 is 5.91 Å². The summed E-state index contributed by atoms with van der Waals surface area (Å²) in [5.74, 6) is -0.282. The van der Waals surface area contributed by atoms with E-state index in [0.717, 1.165) is 44.9 Å². The topological polar surface area (TPSA) is 307 Å². The van der Waals surface area contributed by atoms with Crippen LogP contribution in [0.1, 0.15) is 367 Å². The van der Waals surface area contributed by atoms with E-state index in [1.165, 1.54) is 289 Å².